The van der Waals surface area contributed by atoms with Crippen molar-refractivity contribution >= 4 is 12.9 Å². The summed E-state index contributed by atoms with van der Waals surface area (Å²) >= 11 is 0. The predicted molar refractivity (Wildman–Crippen MR) is 65.0 cm³/mol. The summed E-state index contributed by atoms with van der Waals surface area (Å²) in [6.45, 7) is -0.441. The van der Waals surface area contributed by atoms with Crippen molar-refractivity contribution in [3.8, 4) is 0 Å². The van der Waals surface area contributed by atoms with Crippen LogP contribution in [-0.2, 0) is 9.53 Å². The van der Waals surface area contributed by atoms with Crippen LogP contribution in [0.15, 0.2) is 0 Å². The fourth-order valence-electron chi connectivity index (χ4n) is 2.25. The Labute approximate surface area is 155 Å². The van der Waals surface area contributed by atoms with Gasteiger partial charge in [-0.3, -0.25) is 4.79 Å². The molecule has 1 fully saturated rings. The van der Waals surface area contributed by atoms with Crippen molar-refractivity contribution in [3.05, 3.63) is 0 Å². The second-order valence-electron chi connectivity index (χ2n) is 6.14. The van der Waals surface area contributed by atoms with Crippen molar-refractivity contribution in [2.45, 2.75) is 58.9 Å². The number of carbonyl (C=O) groups excluding carboxylic acids is 1. The standard InChI is InChI=1S/C12H21BF3O2.K/c1-12(2,3)11(17)18-10(13(14,15)16)9-7-5-4-6-8-9;/h9-10H,4-8H2,1-3H3;/q-1;+1. The maximum absolute atomic E-state index is 13.0. The van der Waals surface area contributed by atoms with Crippen LogP contribution in [0.2, 0.25) is 0 Å². The molecular formula is C12H21BF3KO2. The summed E-state index contributed by atoms with van der Waals surface area (Å²) in [7, 11) is 0. The zero-order valence-electron chi connectivity index (χ0n) is 12.2. The average Bonchev–Trinajstić information content (AvgIpc) is 2.23. The van der Waals surface area contributed by atoms with E-state index in [9.17, 15) is 17.7 Å². The molecule has 0 bridgehead atoms. The van der Waals surface area contributed by atoms with Gasteiger partial charge >= 0.3 is 64.3 Å². The third-order valence-electron chi connectivity index (χ3n) is 3.34. The van der Waals surface area contributed by atoms with Gasteiger partial charge in [0.05, 0.1) is 11.4 Å². The zero-order chi connectivity index (χ0) is 14.0. The van der Waals surface area contributed by atoms with Crippen LogP contribution in [-0.4, -0.2) is 18.9 Å². The summed E-state index contributed by atoms with van der Waals surface area (Å²) in [5, 5.41) is 0. The van der Waals surface area contributed by atoms with Crippen LogP contribution in [0.25, 0.3) is 0 Å². The maximum Gasteiger partial charge on any atom is 1.00 e. The van der Waals surface area contributed by atoms with E-state index in [2.05, 4.69) is 0 Å². The van der Waals surface area contributed by atoms with E-state index >= 15 is 0 Å². The molecular weight excluding hydrogens is 283 g/mol. The molecule has 1 saturated carbocycles. The fourth-order valence-corrected chi connectivity index (χ4v) is 2.25. The van der Waals surface area contributed by atoms with E-state index in [0.717, 1.165) is 19.3 Å². The summed E-state index contributed by atoms with van der Waals surface area (Å²) in [4.78, 5) is 11.7. The number of halogens is 3. The first-order valence-electron chi connectivity index (χ1n) is 6.53. The van der Waals surface area contributed by atoms with E-state index in [1.807, 2.05) is 0 Å². The average molecular weight is 304 g/mol. The van der Waals surface area contributed by atoms with E-state index in [1.54, 1.807) is 20.8 Å². The number of carbonyl (C=O) groups is 1. The van der Waals surface area contributed by atoms with Gasteiger partial charge in [-0.05, 0) is 39.5 Å². The molecule has 0 saturated heterocycles. The van der Waals surface area contributed by atoms with Gasteiger partial charge in [-0.15, -0.1) is 0 Å². The molecule has 1 rings (SSSR count). The molecule has 0 radical (unpaired) electrons. The van der Waals surface area contributed by atoms with Crippen LogP contribution in [0, 0.1) is 11.3 Å². The minimum atomic E-state index is -5.14. The summed E-state index contributed by atoms with van der Waals surface area (Å²) in [5.41, 5.74) is -0.895. The Bertz CT molecular complexity index is 296. The number of hydrogen-bond acceptors (Lipinski definition) is 2. The molecule has 0 spiro atoms. The molecule has 0 aromatic heterocycles. The van der Waals surface area contributed by atoms with E-state index in [0.29, 0.717) is 12.8 Å². The van der Waals surface area contributed by atoms with Crippen LogP contribution >= 0.6 is 0 Å². The molecule has 0 N–H and O–H groups in total. The fraction of sp³-hybridized carbons (Fsp3) is 0.917. The molecule has 0 aromatic rings. The largest absolute Gasteiger partial charge is 1.00 e. The number of ether oxygens (including phenoxy) is 1. The van der Waals surface area contributed by atoms with Gasteiger partial charge in [-0.25, -0.2) is 0 Å². The SMILES string of the molecule is CC(C)(C)C(=O)OC(C1CCCCC1)[B-](F)(F)F.[K+]. The van der Waals surface area contributed by atoms with Crippen LogP contribution < -0.4 is 51.4 Å². The summed E-state index contributed by atoms with van der Waals surface area (Å²) in [6.07, 6.45) is 3.56. The first-order valence-corrected chi connectivity index (χ1v) is 6.53. The molecule has 19 heavy (non-hydrogen) atoms. The number of hydrogen-bond donors (Lipinski definition) is 0. The minimum absolute atomic E-state index is 0. The second-order valence-corrected chi connectivity index (χ2v) is 6.14. The first-order chi connectivity index (χ1) is 8.12. The molecule has 1 aliphatic rings. The van der Waals surface area contributed by atoms with Crippen LogP contribution in [0.3, 0.4) is 0 Å². The molecule has 1 aliphatic carbocycles. The Kier molecular flexibility index (Phi) is 8.22. The molecule has 1 atom stereocenters. The zero-order valence-corrected chi connectivity index (χ0v) is 15.3. The van der Waals surface area contributed by atoms with Gasteiger partial charge in [0.25, 0.3) is 0 Å². The smallest absolute Gasteiger partial charge is 0.491 e. The molecule has 106 valence electrons. The Hall–Kier alpha value is 0.961. The van der Waals surface area contributed by atoms with E-state index < -0.39 is 30.3 Å². The van der Waals surface area contributed by atoms with Crippen LogP contribution in [0.1, 0.15) is 52.9 Å². The summed E-state index contributed by atoms with van der Waals surface area (Å²) < 4.78 is 43.9. The van der Waals surface area contributed by atoms with E-state index in [1.165, 1.54) is 0 Å². The molecule has 1 unspecified atom stereocenters. The van der Waals surface area contributed by atoms with Gasteiger partial charge in [0.1, 0.15) is 0 Å². The monoisotopic (exact) mass is 304 g/mol. The Morgan fingerprint density at radius 3 is 2.00 bits per heavy atom. The van der Waals surface area contributed by atoms with Gasteiger partial charge in [0.15, 0.2) is 0 Å². The van der Waals surface area contributed by atoms with Gasteiger partial charge < -0.3 is 17.7 Å². The van der Waals surface area contributed by atoms with Crippen molar-refractivity contribution in [2.75, 3.05) is 0 Å². The van der Waals surface area contributed by atoms with Crippen molar-refractivity contribution in [1.29, 1.82) is 0 Å². The van der Waals surface area contributed by atoms with Gasteiger partial charge in [-0.2, -0.15) is 0 Å². The predicted octanol–water partition coefficient (Wildman–Crippen LogP) is 0.915. The molecule has 0 aliphatic heterocycles. The topological polar surface area (TPSA) is 26.3 Å². The van der Waals surface area contributed by atoms with Gasteiger partial charge in [0.2, 0.25) is 0 Å². The van der Waals surface area contributed by atoms with E-state index in [4.69, 9.17) is 4.74 Å². The first kappa shape index (κ1) is 20.0. The molecule has 0 aromatic carbocycles. The third-order valence-corrected chi connectivity index (χ3v) is 3.34. The van der Waals surface area contributed by atoms with Crippen LogP contribution in [0.5, 0.6) is 0 Å². The maximum atomic E-state index is 13.0. The van der Waals surface area contributed by atoms with Crippen molar-refractivity contribution in [1.82, 2.24) is 0 Å². The summed E-state index contributed by atoms with van der Waals surface area (Å²) in [6, 6.07) is -1.88. The third kappa shape index (κ3) is 6.50. The molecule has 7 heteroatoms. The number of esters is 1. The van der Waals surface area contributed by atoms with Gasteiger partial charge in [0, 0.05) is 0 Å². The van der Waals surface area contributed by atoms with Crippen LogP contribution in [0.4, 0.5) is 12.9 Å². The Morgan fingerprint density at radius 2 is 1.63 bits per heavy atom. The molecule has 0 amide bonds. The van der Waals surface area contributed by atoms with Crippen molar-refractivity contribution < 1.29 is 73.9 Å². The molecule has 0 heterocycles. The quantitative estimate of drug-likeness (QED) is 0.572. The van der Waals surface area contributed by atoms with E-state index in [-0.39, 0.29) is 51.4 Å². The van der Waals surface area contributed by atoms with Crippen molar-refractivity contribution in [2.24, 2.45) is 11.3 Å². The Morgan fingerprint density at radius 1 is 1.16 bits per heavy atom. The summed E-state index contributed by atoms with van der Waals surface area (Å²) in [5.74, 6) is -1.32. The normalized spacial score (nSPS) is 19.5. The Balaban J connectivity index is 0.00000324. The van der Waals surface area contributed by atoms with Gasteiger partial charge in [-0.1, -0.05) is 19.3 Å². The van der Waals surface area contributed by atoms with Crippen molar-refractivity contribution in [3.63, 3.8) is 0 Å². The molecule has 2 nitrogen and oxygen atoms in total. The second kappa shape index (κ2) is 7.82. The minimum Gasteiger partial charge on any atom is -0.491 e. The number of rotatable bonds is 3.